The zero-order valence-electron chi connectivity index (χ0n) is 13.2. The van der Waals surface area contributed by atoms with Crippen molar-refractivity contribution < 1.29 is 4.52 Å². The lowest BCUT2D eigenvalue weighted by atomic mass is 9.92. The highest BCUT2D eigenvalue weighted by molar-refractivity contribution is 5.49. The van der Waals surface area contributed by atoms with Crippen molar-refractivity contribution >= 4 is 0 Å². The summed E-state index contributed by atoms with van der Waals surface area (Å²) >= 11 is 0. The highest BCUT2D eigenvalue weighted by Gasteiger charge is 2.36. The summed E-state index contributed by atoms with van der Waals surface area (Å²) in [5.74, 6) is 1.11. The summed E-state index contributed by atoms with van der Waals surface area (Å²) in [5, 5.41) is 8.65. The molecule has 0 aromatic carbocycles. The molecular weight excluding hydrogens is 266 g/mol. The number of aromatic nitrogens is 4. The summed E-state index contributed by atoms with van der Waals surface area (Å²) in [6.07, 6.45) is 4.09. The van der Waals surface area contributed by atoms with Crippen molar-refractivity contribution in [2.45, 2.75) is 57.4 Å². The van der Waals surface area contributed by atoms with Gasteiger partial charge in [-0.05, 0) is 18.9 Å². The number of aryl methyl sites for hydroxylation is 1. The maximum absolute atomic E-state index is 6.38. The first-order chi connectivity index (χ1) is 9.79. The summed E-state index contributed by atoms with van der Waals surface area (Å²) in [6, 6.07) is 2.01. The normalized spacial score (nSPS) is 18.3. The molecule has 1 saturated carbocycles. The highest BCUT2D eigenvalue weighted by Crippen LogP contribution is 2.35. The van der Waals surface area contributed by atoms with Crippen molar-refractivity contribution in [3.8, 4) is 11.6 Å². The van der Waals surface area contributed by atoms with Gasteiger partial charge in [0.25, 0.3) is 5.89 Å². The van der Waals surface area contributed by atoms with Gasteiger partial charge in [0.15, 0.2) is 5.82 Å². The van der Waals surface area contributed by atoms with Gasteiger partial charge in [-0.3, -0.25) is 4.68 Å². The smallest absolute Gasteiger partial charge is 0.276 e. The molecule has 1 aliphatic carbocycles. The third kappa shape index (κ3) is 2.48. The minimum atomic E-state index is -0.423. The van der Waals surface area contributed by atoms with Crippen molar-refractivity contribution in [2.75, 3.05) is 0 Å². The lowest BCUT2D eigenvalue weighted by molar-refractivity contribution is 0.371. The van der Waals surface area contributed by atoms with E-state index in [-0.39, 0.29) is 5.41 Å². The molecule has 1 aliphatic rings. The molecular formula is C15H23N5O. The molecule has 21 heavy (non-hydrogen) atoms. The monoisotopic (exact) mass is 289 g/mol. The van der Waals surface area contributed by atoms with E-state index >= 15 is 0 Å². The Bertz CT molecular complexity index is 643. The molecule has 0 radical (unpaired) electrons. The molecule has 2 heterocycles. The van der Waals surface area contributed by atoms with E-state index in [0.717, 1.165) is 37.1 Å². The van der Waals surface area contributed by atoms with Crippen molar-refractivity contribution in [1.82, 2.24) is 19.9 Å². The van der Waals surface area contributed by atoms with E-state index in [2.05, 4.69) is 36.0 Å². The first-order valence-corrected chi connectivity index (χ1v) is 7.48. The summed E-state index contributed by atoms with van der Waals surface area (Å²) in [6.45, 7) is 6.39. The predicted octanol–water partition coefficient (Wildman–Crippen LogP) is 2.50. The second-order valence-electron chi connectivity index (χ2n) is 7.07. The zero-order valence-corrected chi connectivity index (χ0v) is 13.2. The van der Waals surface area contributed by atoms with Crippen LogP contribution in [0, 0.1) is 0 Å². The van der Waals surface area contributed by atoms with Crippen LogP contribution in [-0.4, -0.2) is 19.9 Å². The SMILES string of the molecule is Cn1nc(C(C)(C)C)cc1-c1nc(C2(N)CCCC2)no1. The molecule has 0 unspecified atom stereocenters. The molecule has 3 rings (SSSR count). The van der Waals surface area contributed by atoms with E-state index in [1.807, 2.05) is 13.1 Å². The minimum Gasteiger partial charge on any atom is -0.332 e. The molecule has 0 bridgehead atoms. The van der Waals surface area contributed by atoms with Crippen molar-refractivity contribution in [1.29, 1.82) is 0 Å². The average molecular weight is 289 g/mol. The maximum Gasteiger partial charge on any atom is 0.276 e. The van der Waals surface area contributed by atoms with Gasteiger partial charge in [-0.1, -0.05) is 38.8 Å². The number of nitrogens with two attached hydrogens (primary N) is 1. The van der Waals surface area contributed by atoms with Gasteiger partial charge in [-0.15, -0.1) is 0 Å². The molecule has 6 nitrogen and oxygen atoms in total. The van der Waals surface area contributed by atoms with E-state index in [0.29, 0.717) is 11.7 Å². The molecule has 0 amide bonds. The van der Waals surface area contributed by atoms with Gasteiger partial charge < -0.3 is 10.3 Å². The van der Waals surface area contributed by atoms with Crippen LogP contribution in [0.4, 0.5) is 0 Å². The van der Waals surface area contributed by atoms with Crippen LogP contribution in [0.3, 0.4) is 0 Å². The van der Waals surface area contributed by atoms with Gasteiger partial charge in [-0.25, -0.2) is 0 Å². The van der Waals surface area contributed by atoms with Gasteiger partial charge in [-0.2, -0.15) is 10.1 Å². The third-order valence-corrected chi connectivity index (χ3v) is 4.23. The summed E-state index contributed by atoms with van der Waals surface area (Å²) in [5.41, 5.74) is 7.78. The molecule has 0 aliphatic heterocycles. The minimum absolute atomic E-state index is 0.0145. The van der Waals surface area contributed by atoms with Crippen LogP contribution >= 0.6 is 0 Å². The quantitative estimate of drug-likeness (QED) is 0.918. The maximum atomic E-state index is 6.38. The third-order valence-electron chi connectivity index (χ3n) is 4.23. The molecule has 1 fully saturated rings. The van der Waals surface area contributed by atoms with E-state index in [9.17, 15) is 0 Å². The average Bonchev–Trinajstić information content (AvgIpc) is 3.06. The van der Waals surface area contributed by atoms with Crippen LogP contribution in [0.1, 0.15) is 58.0 Å². The Balaban J connectivity index is 1.95. The standard InChI is InChI=1S/C15H23N5O/c1-14(2,3)11-9-10(20(4)18-11)12-17-13(19-21-12)15(16)7-5-6-8-15/h9H,5-8,16H2,1-4H3. The Morgan fingerprint density at radius 1 is 1.29 bits per heavy atom. The second kappa shape index (κ2) is 4.66. The van der Waals surface area contributed by atoms with Crippen LogP contribution in [0.25, 0.3) is 11.6 Å². The van der Waals surface area contributed by atoms with E-state index in [1.54, 1.807) is 4.68 Å². The zero-order chi connectivity index (χ0) is 15.3. The first kappa shape index (κ1) is 14.3. The van der Waals surface area contributed by atoms with Crippen molar-refractivity contribution in [3.63, 3.8) is 0 Å². The molecule has 0 saturated heterocycles. The predicted molar refractivity (Wildman–Crippen MR) is 79.5 cm³/mol. The van der Waals surface area contributed by atoms with Crippen LogP contribution in [-0.2, 0) is 18.0 Å². The van der Waals surface area contributed by atoms with E-state index in [4.69, 9.17) is 10.3 Å². The fourth-order valence-corrected chi connectivity index (χ4v) is 2.79. The lowest BCUT2D eigenvalue weighted by Gasteiger charge is -2.17. The molecule has 2 N–H and O–H groups in total. The highest BCUT2D eigenvalue weighted by atomic mass is 16.5. The molecule has 0 spiro atoms. The van der Waals surface area contributed by atoms with Crippen LogP contribution in [0.2, 0.25) is 0 Å². The van der Waals surface area contributed by atoms with Crippen LogP contribution in [0.5, 0.6) is 0 Å². The lowest BCUT2D eigenvalue weighted by Crippen LogP contribution is -2.34. The molecule has 0 atom stereocenters. The fraction of sp³-hybridized carbons (Fsp3) is 0.667. The van der Waals surface area contributed by atoms with E-state index in [1.165, 1.54) is 0 Å². The molecule has 114 valence electrons. The van der Waals surface area contributed by atoms with Gasteiger partial charge in [0, 0.05) is 12.5 Å². The van der Waals surface area contributed by atoms with Gasteiger partial charge in [0.05, 0.1) is 11.2 Å². The molecule has 2 aromatic heterocycles. The largest absolute Gasteiger partial charge is 0.332 e. The summed E-state index contributed by atoms with van der Waals surface area (Å²) in [4.78, 5) is 4.53. The fourth-order valence-electron chi connectivity index (χ4n) is 2.79. The first-order valence-electron chi connectivity index (χ1n) is 7.48. The Labute approximate surface area is 124 Å². The topological polar surface area (TPSA) is 82.8 Å². The Morgan fingerprint density at radius 3 is 2.52 bits per heavy atom. The molecule has 6 heteroatoms. The van der Waals surface area contributed by atoms with Crippen molar-refractivity contribution in [3.05, 3.63) is 17.6 Å². The Hall–Kier alpha value is -1.69. The number of hydrogen-bond acceptors (Lipinski definition) is 5. The van der Waals surface area contributed by atoms with Crippen LogP contribution < -0.4 is 5.73 Å². The van der Waals surface area contributed by atoms with E-state index < -0.39 is 5.54 Å². The Kier molecular flexibility index (Phi) is 3.16. The molecule has 2 aromatic rings. The van der Waals surface area contributed by atoms with Crippen LogP contribution in [0.15, 0.2) is 10.6 Å². The summed E-state index contributed by atoms with van der Waals surface area (Å²) in [7, 11) is 1.89. The second-order valence-corrected chi connectivity index (χ2v) is 7.07. The number of nitrogens with zero attached hydrogens (tertiary/aromatic N) is 4. The van der Waals surface area contributed by atoms with Crippen molar-refractivity contribution in [2.24, 2.45) is 12.8 Å². The number of hydrogen-bond donors (Lipinski definition) is 1. The van der Waals surface area contributed by atoms with Gasteiger partial charge in [0.2, 0.25) is 0 Å². The number of rotatable bonds is 2. The Morgan fingerprint density at radius 2 is 1.95 bits per heavy atom. The van der Waals surface area contributed by atoms with Gasteiger partial charge >= 0.3 is 0 Å². The summed E-state index contributed by atoms with van der Waals surface area (Å²) < 4.78 is 7.22. The van der Waals surface area contributed by atoms with Gasteiger partial charge in [0.1, 0.15) is 5.69 Å².